The summed E-state index contributed by atoms with van der Waals surface area (Å²) in [5, 5.41) is 0.252. The number of nitrogens with one attached hydrogen (secondary N) is 1. The zero-order valence-electron chi connectivity index (χ0n) is 11.0. The van der Waals surface area contributed by atoms with Gasteiger partial charge in [-0.2, -0.15) is 0 Å². The second kappa shape index (κ2) is 6.19. The van der Waals surface area contributed by atoms with Crippen LogP contribution in [0, 0.1) is 0 Å². The van der Waals surface area contributed by atoms with Gasteiger partial charge in [0.15, 0.2) is 0 Å². The molecule has 3 N–H and O–H groups in total. The Hall–Kier alpha value is -1.34. The van der Waals surface area contributed by atoms with Crippen LogP contribution in [0.15, 0.2) is 41.6 Å². The SMILES string of the molecule is CC(NS(=O)(=O)c1c(N)cc(Cl)cc1Cl)c1cccnc1. The Labute approximate surface area is 133 Å². The fraction of sp³-hybridized carbons (Fsp3) is 0.154. The van der Waals surface area contributed by atoms with Crippen LogP contribution in [0.25, 0.3) is 0 Å². The van der Waals surface area contributed by atoms with Gasteiger partial charge in [0.1, 0.15) is 4.90 Å². The lowest BCUT2D eigenvalue weighted by Gasteiger charge is -2.16. The third kappa shape index (κ3) is 3.65. The van der Waals surface area contributed by atoms with Crippen LogP contribution in [0.4, 0.5) is 5.69 Å². The van der Waals surface area contributed by atoms with Crippen LogP contribution in [-0.4, -0.2) is 13.4 Å². The molecule has 112 valence electrons. The zero-order valence-corrected chi connectivity index (χ0v) is 13.4. The minimum atomic E-state index is -3.88. The van der Waals surface area contributed by atoms with Gasteiger partial charge >= 0.3 is 0 Å². The second-order valence-corrected chi connectivity index (χ2v) is 6.93. The first-order valence-corrected chi connectivity index (χ1v) is 8.22. The molecule has 0 saturated heterocycles. The maximum atomic E-state index is 12.4. The number of anilines is 1. The summed E-state index contributed by atoms with van der Waals surface area (Å²) >= 11 is 11.7. The van der Waals surface area contributed by atoms with Gasteiger partial charge in [-0.25, -0.2) is 13.1 Å². The van der Waals surface area contributed by atoms with Gasteiger partial charge in [0.25, 0.3) is 0 Å². The maximum Gasteiger partial charge on any atom is 0.244 e. The van der Waals surface area contributed by atoms with E-state index in [1.807, 2.05) is 0 Å². The summed E-state index contributed by atoms with van der Waals surface area (Å²) in [6, 6.07) is 5.70. The third-order valence-corrected chi connectivity index (χ3v) is 5.11. The van der Waals surface area contributed by atoms with Crippen LogP contribution in [0.5, 0.6) is 0 Å². The molecule has 1 unspecified atom stereocenters. The average Bonchev–Trinajstić information content (AvgIpc) is 2.37. The molecule has 0 spiro atoms. The van der Waals surface area contributed by atoms with Crippen molar-refractivity contribution < 1.29 is 8.42 Å². The lowest BCUT2D eigenvalue weighted by atomic mass is 10.2. The zero-order chi connectivity index (χ0) is 15.6. The van der Waals surface area contributed by atoms with Gasteiger partial charge in [0.2, 0.25) is 10.0 Å². The van der Waals surface area contributed by atoms with Gasteiger partial charge in [-0.15, -0.1) is 0 Å². The highest BCUT2D eigenvalue weighted by atomic mass is 35.5. The number of benzene rings is 1. The topological polar surface area (TPSA) is 85.1 Å². The van der Waals surface area contributed by atoms with Crippen molar-refractivity contribution >= 4 is 38.9 Å². The first kappa shape index (κ1) is 16.0. The molecule has 0 radical (unpaired) electrons. The van der Waals surface area contributed by atoms with Crippen LogP contribution in [0.1, 0.15) is 18.5 Å². The van der Waals surface area contributed by atoms with E-state index in [-0.39, 0.29) is 20.6 Å². The molecule has 0 saturated carbocycles. The quantitative estimate of drug-likeness (QED) is 0.834. The van der Waals surface area contributed by atoms with E-state index >= 15 is 0 Å². The largest absolute Gasteiger partial charge is 0.398 e. The summed E-state index contributed by atoms with van der Waals surface area (Å²) in [6.45, 7) is 1.70. The van der Waals surface area contributed by atoms with E-state index in [1.54, 1.807) is 31.5 Å². The number of nitrogens with zero attached hydrogens (tertiary/aromatic N) is 1. The lowest BCUT2D eigenvalue weighted by molar-refractivity contribution is 0.567. The maximum absolute atomic E-state index is 12.4. The van der Waals surface area contributed by atoms with Crippen LogP contribution in [0.3, 0.4) is 0 Å². The Morgan fingerprint density at radius 2 is 2.05 bits per heavy atom. The number of nitrogen functional groups attached to an aromatic ring is 1. The molecular formula is C13H13Cl2N3O2S. The van der Waals surface area contributed by atoms with E-state index < -0.39 is 16.1 Å². The summed E-state index contributed by atoms with van der Waals surface area (Å²) in [7, 11) is -3.88. The number of nitrogens with two attached hydrogens (primary N) is 1. The molecule has 2 aromatic rings. The number of sulfonamides is 1. The first-order chi connectivity index (χ1) is 9.81. The standard InChI is InChI=1S/C13H13Cl2N3O2S/c1-8(9-3-2-4-17-7-9)18-21(19,20)13-11(15)5-10(14)6-12(13)16/h2-8,18H,16H2,1H3. The molecule has 0 aliphatic rings. The highest BCUT2D eigenvalue weighted by Gasteiger charge is 2.24. The molecule has 0 bridgehead atoms. The molecule has 1 aromatic carbocycles. The van der Waals surface area contributed by atoms with Crippen molar-refractivity contribution in [2.75, 3.05) is 5.73 Å². The van der Waals surface area contributed by atoms with E-state index in [4.69, 9.17) is 28.9 Å². The van der Waals surface area contributed by atoms with E-state index in [2.05, 4.69) is 9.71 Å². The minimum Gasteiger partial charge on any atom is -0.398 e. The van der Waals surface area contributed by atoms with Gasteiger partial charge < -0.3 is 5.73 Å². The van der Waals surface area contributed by atoms with Crippen LogP contribution in [-0.2, 0) is 10.0 Å². The molecule has 0 amide bonds. The Balaban J connectivity index is 2.36. The summed E-state index contributed by atoms with van der Waals surface area (Å²) in [5.74, 6) is 0. The van der Waals surface area contributed by atoms with Crippen LogP contribution >= 0.6 is 23.2 Å². The smallest absolute Gasteiger partial charge is 0.244 e. The molecule has 1 aromatic heterocycles. The highest BCUT2D eigenvalue weighted by molar-refractivity contribution is 7.89. The predicted molar refractivity (Wildman–Crippen MR) is 83.8 cm³/mol. The van der Waals surface area contributed by atoms with Gasteiger partial charge in [-0.05, 0) is 30.7 Å². The van der Waals surface area contributed by atoms with E-state index in [0.717, 1.165) is 5.56 Å². The molecule has 1 heterocycles. The summed E-state index contributed by atoms with van der Waals surface area (Å²) in [6.07, 6.45) is 3.19. The molecule has 0 aliphatic carbocycles. The summed E-state index contributed by atoms with van der Waals surface area (Å²) in [4.78, 5) is 3.78. The molecule has 21 heavy (non-hydrogen) atoms. The number of pyridine rings is 1. The van der Waals surface area contributed by atoms with Gasteiger partial charge in [0, 0.05) is 23.5 Å². The molecule has 8 heteroatoms. The first-order valence-electron chi connectivity index (χ1n) is 5.98. The van der Waals surface area contributed by atoms with Crippen LogP contribution < -0.4 is 10.5 Å². The molecule has 1 atom stereocenters. The van der Waals surface area contributed by atoms with Crippen molar-refractivity contribution in [3.8, 4) is 0 Å². The van der Waals surface area contributed by atoms with Crippen molar-refractivity contribution in [2.45, 2.75) is 17.9 Å². The van der Waals surface area contributed by atoms with E-state index in [1.165, 1.54) is 12.1 Å². The Morgan fingerprint density at radius 3 is 2.62 bits per heavy atom. The average molecular weight is 346 g/mol. The number of rotatable bonds is 4. The fourth-order valence-corrected chi connectivity index (χ4v) is 4.07. The number of hydrogen-bond donors (Lipinski definition) is 2. The minimum absolute atomic E-state index is 0.00149. The fourth-order valence-electron chi connectivity index (χ4n) is 1.86. The number of halogens is 2. The third-order valence-electron chi connectivity index (χ3n) is 2.82. The Kier molecular flexibility index (Phi) is 4.73. The Morgan fingerprint density at radius 1 is 1.33 bits per heavy atom. The van der Waals surface area contributed by atoms with Crippen molar-refractivity contribution in [1.82, 2.24) is 9.71 Å². The molecule has 2 rings (SSSR count). The number of aromatic nitrogens is 1. The lowest BCUT2D eigenvalue weighted by Crippen LogP contribution is -2.28. The monoisotopic (exact) mass is 345 g/mol. The van der Waals surface area contributed by atoms with Gasteiger partial charge in [-0.1, -0.05) is 29.3 Å². The van der Waals surface area contributed by atoms with Crippen molar-refractivity contribution in [3.05, 3.63) is 52.3 Å². The van der Waals surface area contributed by atoms with Crippen molar-refractivity contribution in [3.63, 3.8) is 0 Å². The molecule has 5 nitrogen and oxygen atoms in total. The van der Waals surface area contributed by atoms with Crippen LogP contribution in [0.2, 0.25) is 10.0 Å². The van der Waals surface area contributed by atoms with Crippen molar-refractivity contribution in [1.29, 1.82) is 0 Å². The molecule has 0 aliphatic heterocycles. The number of hydrogen-bond acceptors (Lipinski definition) is 4. The van der Waals surface area contributed by atoms with E-state index in [9.17, 15) is 8.42 Å². The summed E-state index contributed by atoms with van der Waals surface area (Å²) < 4.78 is 27.4. The predicted octanol–water partition coefficient (Wildman–Crippen LogP) is 3.01. The van der Waals surface area contributed by atoms with Gasteiger partial charge in [0.05, 0.1) is 10.7 Å². The molecular weight excluding hydrogens is 333 g/mol. The Bertz CT molecular complexity index is 728. The second-order valence-electron chi connectivity index (χ2n) is 4.44. The highest BCUT2D eigenvalue weighted by Crippen LogP contribution is 2.31. The summed E-state index contributed by atoms with van der Waals surface area (Å²) in [5.41, 5.74) is 6.45. The molecule has 0 fully saturated rings. The van der Waals surface area contributed by atoms with E-state index in [0.29, 0.717) is 0 Å². The normalized spacial score (nSPS) is 13.1. The van der Waals surface area contributed by atoms with Gasteiger partial charge in [-0.3, -0.25) is 4.98 Å². The van der Waals surface area contributed by atoms with Crippen molar-refractivity contribution in [2.24, 2.45) is 0 Å².